The Morgan fingerprint density at radius 3 is 2.88 bits per heavy atom. The van der Waals surface area contributed by atoms with Crippen molar-refractivity contribution in [3.8, 4) is 17.1 Å². The minimum absolute atomic E-state index is 0.361. The molecule has 0 aliphatic heterocycles. The Morgan fingerprint density at radius 2 is 2.31 bits per heavy atom. The van der Waals surface area contributed by atoms with Crippen LogP contribution in [-0.2, 0) is 0 Å². The van der Waals surface area contributed by atoms with Crippen LogP contribution < -0.4 is 10.6 Å². The molecule has 0 unspecified atom stereocenters. The molecule has 2 rings (SSSR count). The molecule has 84 valence electrons. The Bertz CT molecular complexity index is 577. The van der Waals surface area contributed by atoms with E-state index < -0.39 is 0 Å². The van der Waals surface area contributed by atoms with Crippen LogP contribution in [0, 0.1) is 4.77 Å². The number of benzene rings is 1. The third-order valence-electron chi connectivity index (χ3n) is 2.11. The van der Waals surface area contributed by atoms with Crippen LogP contribution in [0.4, 0.5) is 0 Å². The van der Waals surface area contributed by atoms with Crippen LogP contribution >= 0.6 is 28.1 Å². The number of nitrogens with one attached hydrogen (secondary N) is 1. The summed E-state index contributed by atoms with van der Waals surface area (Å²) in [7, 11) is 1.59. The zero-order valence-corrected chi connectivity index (χ0v) is 10.8. The quantitative estimate of drug-likeness (QED) is 0.658. The molecular formula is C9H9BrN4OS. The van der Waals surface area contributed by atoms with Gasteiger partial charge in [0.1, 0.15) is 5.75 Å². The van der Waals surface area contributed by atoms with Crippen molar-refractivity contribution in [2.45, 2.75) is 0 Å². The lowest BCUT2D eigenvalue weighted by atomic mass is 10.2. The van der Waals surface area contributed by atoms with Crippen molar-refractivity contribution in [2.75, 3.05) is 13.0 Å². The van der Waals surface area contributed by atoms with E-state index in [2.05, 4.69) is 26.1 Å². The molecule has 1 heterocycles. The highest BCUT2D eigenvalue weighted by molar-refractivity contribution is 9.10. The number of rotatable bonds is 2. The highest BCUT2D eigenvalue weighted by atomic mass is 79.9. The Hall–Kier alpha value is -1.34. The number of H-pyrrole nitrogens is 1. The van der Waals surface area contributed by atoms with Crippen molar-refractivity contribution in [3.05, 3.63) is 27.4 Å². The Morgan fingerprint density at radius 1 is 1.56 bits per heavy atom. The lowest BCUT2D eigenvalue weighted by molar-refractivity contribution is 0.415. The lowest BCUT2D eigenvalue weighted by Gasteiger charge is -2.07. The van der Waals surface area contributed by atoms with Gasteiger partial charge in [0.05, 0.1) is 12.7 Å². The molecule has 7 heteroatoms. The molecular weight excluding hydrogens is 292 g/mol. The van der Waals surface area contributed by atoms with Crippen LogP contribution in [0.1, 0.15) is 0 Å². The summed E-state index contributed by atoms with van der Waals surface area (Å²) in [6, 6.07) is 5.58. The van der Waals surface area contributed by atoms with Crippen molar-refractivity contribution in [2.24, 2.45) is 0 Å². The molecule has 0 saturated carbocycles. The average Bonchev–Trinajstić information content (AvgIpc) is 2.60. The van der Waals surface area contributed by atoms with Gasteiger partial charge in [0, 0.05) is 4.47 Å². The molecule has 0 amide bonds. The predicted octanol–water partition coefficient (Wildman–Crippen LogP) is 2.09. The first-order valence-electron chi connectivity index (χ1n) is 4.40. The van der Waals surface area contributed by atoms with Crippen molar-refractivity contribution in [3.63, 3.8) is 0 Å². The van der Waals surface area contributed by atoms with E-state index in [1.807, 2.05) is 18.2 Å². The summed E-state index contributed by atoms with van der Waals surface area (Å²) in [5.74, 6) is 6.96. The molecule has 0 fully saturated rings. The zero-order valence-electron chi connectivity index (χ0n) is 8.40. The maximum Gasteiger partial charge on any atom is 0.214 e. The Balaban J connectivity index is 2.64. The largest absolute Gasteiger partial charge is 0.496 e. The van der Waals surface area contributed by atoms with Gasteiger partial charge in [0.2, 0.25) is 4.77 Å². The third kappa shape index (κ3) is 1.83. The summed E-state index contributed by atoms with van der Waals surface area (Å²) in [6.45, 7) is 0. The molecule has 16 heavy (non-hydrogen) atoms. The fourth-order valence-electron chi connectivity index (χ4n) is 1.34. The molecule has 0 bridgehead atoms. The molecule has 0 spiro atoms. The molecule has 0 radical (unpaired) electrons. The minimum atomic E-state index is 0.361. The van der Waals surface area contributed by atoms with Crippen molar-refractivity contribution >= 4 is 28.1 Å². The maximum absolute atomic E-state index is 5.75. The zero-order chi connectivity index (χ0) is 11.7. The second-order valence-electron chi connectivity index (χ2n) is 3.07. The van der Waals surface area contributed by atoms with Gasteiger partial charge in [-0.1, -0.05) is 15.9 Å². The highest BCUT2D eigenvalue weighted by Crippen LogP contribution is 2.30. The molecule has 2 aromatic rings. The van der Waals surface area contributed by atoms with Gasteiger partial charge in [-0.15, -0.1) is 0 Å². The lowest BCUT2D eigenvalue weighted by Crippen LogP contribution is -2.10. The third-order valence-corrected chi connectivity index (χ3v) is 2.89. The molecule has 1 aromatic carbocycles. The fraction of sp³-hybridized carbons (Fsp3) is 0.111. The molecule has 0 atom stereocenters. The monoisotopic (exact) mass is 300 g/mol. The Labute approximate surface area is 105 Å². The van der Waals surface area contributed by atoms with Gasteiger partial charge in [-0.2, -0.15) is 5.10 Å². The van der Waals surface area contributed by atoms with Crippen molar-refractivity contribution in [1.82, 2.24) is 14.9 Å². The second kappa shape index (κ2) is 4.26. The fourth-order valence-corrected chi connectivity index (χ4v) is 1.82. The second-order valence-corrected chi connectivity index (χ2v) is 4.37. The number of aromatic nitrogens is 3. The standard InChI is InChI=1S/C9H9BrN4OS/c1-15-7-4-5(10)2-3-6(7)8-12-13-9(16)14(8)11/h2-4H,11H2,1H3,(H,13,16). The average molecular weight is 301 g/mol. The van der Waals surface area contributed by atoms with Gasteiger partial charge in [0.15, 0.2) is 5.82 Å². The summed E-state index contributed by atoms with van der Waals surface area (Å²) < 4.78 is 7.85. The van der Waals surface area contributed by atoms with Crippen LogP contribution in [0.15, 0.2) is 22.7 Å². The number of hydrogen-bond donors (Lipinski definition) is 2. The van der Waals surface area contributed by atoms with E-state index in [9.17, 15) is 0 Å². The molecule has 0 aliphatic rings. The summed E-state index contributed by atoms with van der Waals surface area (Å²) in [5.41, 5.74) is 0.778. The van der Waals surface area contributed by atoms with E-state index >= 15 is 0 Å². The van der Waals surface area contributed by atoms with Gasteiger partial charge in [-0.3, -0.25) is 0 Å². The smallest absolute Gasteiger partial charge is 0.214 e. The number of halogens is 1. The first-order valence-corrected chi connectivity index (χ1v) is 5.60. The van der Waals surface area contributed by atoms with Crippen LogP contribution in [0.2, 0.25) is 0 Å². The van der Waals surface area contributed by atoms with Gasteiger partial charge in [0.25, 0.3) is 0 Å². The van der Waals surface area contributed by atoms with E-state index in [1.54, 1.807) is 7.11 Å². The number of methoxy groups -OCH3 is 1. The molecule has 1 aromatic heterocycles. The number of nitrogen functional groups attached to an aromatic ring is 1. The summed E-state index contributed by atoms with van der Waals surface area (Å²) in [6.07, 6.45) is 0. The first-order chi connectivity index (χ1) is 7.63. The van der Waals surface area contributed by atoms with E-state index in [1.165, 1.54) is 4.68 Å². The minimum Gasteiger partial charge on any atom is -0.496 e. The highest BCUT2D eigenvalue weighted by Gasteiger charge is 2.12. The maximum atomic E-state index is 5.75. The normalized spacial score (nSPS) is 10.4. The number of nitrogens with two attached hydrogens (primary N) is 1. The first kappa shape index (κ1) is 11.2. The van der Waals surface area contributed by atoms with Crippen LogP contribution in [-0.4, -0.2) is 22.0 Å². The summed E-state index contributed by atoms with van der Waals surface area (Å²) in [5, 5.41) is 6.67. The molecule has 0 aliphatic carbocycles. The van der Waals surface area contributed by atoms with E-state index in [0.29, 0.717) is 16.3 Å². The van der Waals surface area contributed by atoms with E-state index in [-0.39, 0.29) is 0 Å². The van der Waals surface area contributed by atoms with E-state index in [4.69, 9.17) is 22.8 Å². The van der Waals surface area contributed by atoms with Crippen molar-refractivity contribution in [1.29, 1.82) is 0 Å². The van der Waals surface area contributed by atoms with E-state index in [0.717, 1.165) is 10.0 Å². The summed E-state index contributed by atoms with van der Waals surface area (Å²) in [4.78, 5) is 0. The van der Waals surface area contributed by atoms with Crippen LogP contribution in [0.5, 0.6) is 5.75 Å². The topological polar surface area (TPSA) is 68.9 Å². The van der Waals surface area contributed by atoms with Gasteiger partial charge in [-0.05, 0) is 30.4 Å². The number of ether oxygens (including phenoxy) is 1. The van der Waals surface area contributed by atoms with Crippen LogP contribution in [0.25, 0.3) is 11.4 Å². The van der Waals surface area contributed by atoms with Crippen LogP contribution in [0.3, 0.4) is 0 Å². The van der Waals surface area contributed by atoms with Gasteiger partial charge < -0.3 is 10.6 Å². The number of hydrogen-bond acceptors (Lipinski definition) is 4. The molecule has 3 N–H and O–H groups in total. The Kier molecular flexibility index (Phi) is 2.97. The number of aromatic amines is 1. The number of nitrogens with zero attached hydrogens (tertiary/aromatic N) is 2. The van der Waals surface area contributed by atoms with Crippen molar-refractivity contribution < 1.29 is 4.74 Å². The molecule has 0 saturated heterocycles. The SMILES string of the molecule is COc1cc(Br)ccc1-c1n[nH]c(=S)n1N. The molecule has 5 nitrogen and oxygen atoms in total. The predicted molar refractivity (Wildman–Crippen MR) is 67.3 cm³/mol. The van der Waals surface area contributed by atoms with Gasteiger partial charge >= 0.3 is 0 Å². The van der Waals surface area contributed by atoms with Gasteiger partial charge in [-0.25, -0.2) is 9.77 Å². The summed E-state index contributed by atoms with van der Waals surface area (Å²) >= 11 is 8.32.